The predicted octanol–water partition coefficient (Wildman–Crippen LogP) is 5.89. The number of amides is 1. The van der Waals surface area contributed by atoms with Crippen LogP contribution >= 0.6 is 0 Å². The molecule has 2 aromatic heterocycles. The molecule has 39 heavy (non-hydrogen) atoms. The van der Waals surface area contributed by atoms with Gasteiger partial charge in [0.25, 0.3) is 5.91 Å². The van der Waals surface area contributed by atoms with E-state index < -0.39 is 0 Å². The Labute approximate surface area is 225 Å². The van der Waals surface area contributed by atoms with Crippen molar-refractivity contribution in [2.75, 3.05) is 6.61 Å². The maximum absolute atomic E-state index is 13.1. The molecule has 0 aliphatic carbocycles. The number of para-hydroxylation sites is 1. The molecule has 0 spiro atoms. The molecule has 7 nitrogen and oxygen atoms in total. The highest BCUT2D eigenvalue weighted by atomic mass is 19.1. The van der Waals surface area contributed by atoms with Crippen LogP contribution < -0.4 is 14.9 Å². The third-order valence-corrected chi connectivity index (χ3v) is 6.23. The molecule has 5 rings (SSSR count). The van der Waals surface area contributed by atoms with E-state index in [1.165, 1.54) is 12.1 Å². The Balaban J connectivity index is 1.18. The summed E-state index contributed by atoms with van der Waals surface area (Å²) in [4.78, 5) is 16.6. The van der Waals surface area contributed by atoms with Crippen LogP contribution in [-0.4, -0.2) is 28.3 Å². The molecule has 3 aromatic carbocycles. The molecule has 0 radical (unpaired) electrons. The Morgan fingerprint density at radius 2 is 1.77 bits per heavy atom. The molecule has 0 saturated carbocycles. The minimum atomic E-state index is -0.371. The lowest BCUT2D eigenvalue weighted by Gasteiger charge is -2.11. The number of nitrogens with zero attached hydrogens (tertiary/aromatic N) is 3. The van der Waals surface area contributed by atoms with E-state index in [2.05, 4.69) is 20.1 Å². The van der Waals surface area contributed by atoms with Gasteiger partial charge in [-0.2, -0.15) is 5.10 Å². The van der Waals surface area contributed by atoms with Crippen molar-refractivity contribution < 1.29 is 18.7 Å². The van der Waals surface area contributed by atoms with Crippen LogP contribution in [0, 0.1) is 19.7 Å². The van der Waals surface area contributed by atoms with E-state index in [1.54, 1.807) is 30.6 Å². The van der Waals surface area contributed by atoms with E-state index in [1.807, 2.05) is 68.4 Å². The van der Waals surface area contributed by atoms with Crippen LogP contribution in [0.5, 0.6) is 11.5 Å². The number of aryl methyl sites for hydroxylation is 1. The lowest BCUT2D eigenvalue weighted by Crippen LogP contribution is -2.24. The van der Waals surface area contributed by atoms with E-state index in [4.69, 9.17) is 9.47 Å². The van der Waals surface area contributed by atoms with Crippen molar-refractivity contribution in [1.82, 2.24) is 15.0 Å². The number of hydrogen-bond donors (Lipinski definition) is 1. The van der Waals surface area contributed by atoms with Crippen LogP contribution in [0.4, 0.5) is 4.39 Å². The normalized spacial score (nSPS) is 11.2. The molecule has 0 bridgehead atoms. The average molecular weight is 523 g/mol. The van der Waals surface area contributed by atoms with E-state index >= 15 is 0 Å². The number of fused-ring (bicyclic) bond motifs is 1. The maximum Gasteiger partial charge on any atom is 0.277 e. The van der Waals surface area contributed by atoms with Crippen LogP contribution in [0.3, 0.4) is 0 Å². The highest BCUT2D eigenvalue weighted by Gasteiger charge is 2.11. The summed E-state index contributed by atoms with van der Waals surface area (Å²) < 4.78 is 26.7. The number of halogens is 1. The number of pyridine rings is 1. The number of aromatic nitrogens is 2. The summed E-state index contributed by atoms with van der Waals surface area (Å²) in [5.41, 5.74) is 7.97. The van der Waals surface area contributed by atoms with Crippen molar-refractivity contribution in [3.8, 4) is 17.2 Å². The summed E-state index contributed by atoms with van der Waals surface area (Å²) >= 11 is 0. The van der Waals surface area contributed by atoms with Crippen LogP contribution in [0.1, 0.15) is 22.5 Å². The SMILES string of the molecule is Cc1cc(/C=N/NC(=O)COc2cccc3cccnc23)c(C)n1-c1ccc(OCc2ccc(F)cc2)cc1. The van der Waals surface area contributed by atoms with Gasteiger partial charge in [-0.25, -0.2) is 9.82 Å². The molecular weight excluding hydrogens is 495 g/mol. The van der Waals surface area contributed by atoms with E-state index in [0.29, 0.717) is 17.9 Å². The molecule has 0 unspecified atom stereocenters. The standard InChI is InChI=1S/C31H27FN4O3/c1-21-17-25(18-34-35-30(37)20-39-29-7-3-5-24-6-4-16-33-31(24)29)22(2)36(21)27-12-14-28(15-13-27)38-19-23-8-10-26(32)11-9-23/h3-18H,19-20H2,1-2H3,(H,35,37)/b34-18+. The number of carbonyl (C=O) groups excluding carboxylic acids is 1. The van der Waals surface area contributed by atoms with Gasteiger partial charge in [-0.15, -0.1) is 0 Å². The summed E-state index contributed by atoms with van der Waals surface area (Å²) in [7, 11) is 0. The zero-order chi connectivity index (χ0) is 27.2. The van der Waals surface area contributed by atoms with Crippen molar-refractivity contribution in [2.24, 2.45) is 5.10 Å². The highest BCUT2D eigenvalue weighted by Crippen LogP contribution is 2.24. The van der Waals surface area contributed by atoms with Crippen LogP contribution in [0.15, 0.2) is 96.2 Å². The number of rotatable bonds is 9. The zero-order valence-corrected chi connectivity index (χ0v) is 21.6. The smallest absolute Gasteiger partial charge is 0.277 e. The van der Waals surface area contributed by atoms with Gasteiger partial charge in [0.05, 0.1) is 6.21 Å². The Bertz CT molecular complexity index is 1620. The van der Waals surface area contributed by atoms with Gasteiger partial charge in [-0.3, -0.25) is 9.78 Å². The number of nitrogens with one attached hydrogen (secondary N) is 1. The van der Waals surface area contributed by atoms with Crippen molar-refractivity contribution in [3.05, 3.63) is 119 Å². The largest absolute Gasteiger partial charge is 0.489 e. The van der Waals surface area contributed by atoms with E-state index in [9.17, 15) is 9.18 Å². The lowest BCUT2D eigenvalue weighted by molar-refractivity contribution is -0.123. The van der Waals surface area contributed by atoms with Crippen LogP contribution in [-0.2, 0) is 11.4 Å². The molecule has 5 aromatic rings. The second-order valence-corrected chi connectivity index (χ2v) is 8.98. The summed E-state index contributed by atoms with van der Waals surface area (Å²) in [6.45, 7) is 4.18. The topological polar surface area (TPSA) is 77.7 Å². The fraction of sp³-hybridized carbons (Fsp3) is 0.129. The van der Waals surface area contributed by atoms with E-state index in [0.717, 1.165) is 39.3 Å². The first-order valence-corrected chi connectivity index (χ1v) is 12.4. The highest BCUT2D eigenvalue weighted by molar-refractivity contribution is 5.86. The summed E-state index contributed by atoms with van der Waals surface area (Å²) in [6.07, 6.45) is 3.31. The number of hydrogen-bond acceptors (Lipinski definition) is 5. The molecule has 0 aliphatic rings. The van der Waals surface area contributed by atoms with Crippen molar-refractivity contribution >= 4 is 23.0 Å². The average Bonchev–Trinajstić information content (AvgIpc) is 3.24. The Morgan fingerprint density at radius 1 is 1.00 bits per heavy atom. The van der Waals surface area contributed by atoms with E-state index in [-0.39, 0.29) is 18.3 Å². The van der Waals surface area contributed by atoms with Gasteiger partial charge in [0.15, 0.2) is 6.61 Å². The molecule has 0 atom stereocenters. The molecule has 196 valence electrons. The van der Waals surface area contributed by atoms with Gasteiger partial charge in [0.2, 0.25) is 0 Å². The second kappa shape index (κ2) is 11.6. The molecule has 1 N–H and O–H groups in total. The van der Waals surface area contributed by atoms with Gasteiger partial charge >= 0.3 is 0 Å². The monoisotopic (exact) mass is 522 g/mol. The van der Waals surface area contributed by atoms with Crippen molar-refractivity contribution in [2.45, 2.75) is 20.5 Å². The second-order valence-electron chi connectivity index (χ2n) is 8.98. The number of carbonyl (C=O) groups is 1. The Kier molecular flexibility index (Phi) is 7.63. The van der Waals surface area contributed by atoms with Crippen LogP contribution in [0.2, 0.25) is 0 Å². The summed E-state index contributed by atoms with van der Waals surface area (Å²) in [5.74, 6) is 0.624. The van der Waals surface area contributed by atoms with Gasteiger partial charge in [-0.1, -0.05) is 30.3 Å². The van der Waals surface area contributed by atoms with Crippen LogP contribution in [0.25, 0.3) is 16.6 Å². The quantitative estimate of drug-likeness (QED) is 0.193. The number of hydrazone groups is 1. The predicted molar refractivity (Wildman–Crippen MR) is 149 cm³/mol. The molecule has 0 aliphatic heterocycles. The van der Waals surface area contributed by atoms with Crippen molar-refractivity contribution in [1.29, 1.82) is 0 Å². The minimum absolute atomic E-state index is 0.179. The van der Waals surface area contributed by atoms with Crippen molar-refractivity contribution in [3.63, 3.8) is 0 Å². The van der Waals surface area contributed by atoms with Gasteiger partial charge < -0.3 is 14.0 Å². The molecule has 0 fully saturated rings. The molecular formula is C31H27FN4O3. The Hall–Kier alpha value is -4.98. The Morgan fingerprint density at radius 3 is 2.56 bits per heavy atom. The van der Waals surface area contributed by atoms with Gasteiger partial charge in [0, 0.05) is 34.2 Å². The molecule has 0 saturated heterocycles. The number of ether oxygens (including phenoxy) is 2. The third-order valence-electron chi connectivity index (χ3n) is 6.23. The molecule has 1 amide bonds. The first-order chi connectivity index (χ1) is 19.0. The maximum atomic E-state index is 13.1. The third kappa shape index (κ3) is 6.13. The van der Waals surface area contributed by atoms with Gasteiger partial charge in [-0.05, 0) is 74.0 Å². The number of benzene rings is 3. The minimum Gasteiger partial charge on any atom is -0.489 e. The first-order valence-electron chi connectivity index (χ1n) is 12.4. The molecule has 8 heteroatoms. The summed E-state index contributed by atoms with van der Waals surface area (Å²) in [5, 5.41) is 5.06. The fourth-order valence-corrected chi connectivity index (χ4v) is 4.30. The van der Waals surface area contributed by atoms with Gasteiger partial charge in [0.1, 0.15) is 29.4 Å². The molecule has 2 heterocycles. The fourth-order valence-electron chi connectivity index (χ4n) is 4.30. The zero-order valence-electron chi connectivity index (χ0n) is 21.6. The lowest BCUT2D eigenvalue weighted by atomic mass is 10.2. The first kappa shape index (κ1) is 25.7. The summed E-state index contributed by atoms with van der Waals surface area (Å²) in [6, 6.07) is 25.4.